The van der Waals surface area contributed by atoms with E-state index in [-0.39, 0.29) is 0 Å². The second kappa shape index (κ2) is 3.42. The highest BCUT2D eigenvalue weighted by Gasteiger charge is 2.29. The molecule has 3 rings (SSSR count). The molecule has 2 radical (unpaired) electrons. The minimum atomic E-state index is 0.604. The molecule has 0 heteroatoms. The normalized spacial score (nSPS) is 35.4. The lowest BCUT2D eigenvalue weighted by molar-refractivity contribution is 0.448. The van der Waals surface area contributed by atoms with Crippen LogP contribution in [0, 0.1) is 18.3 Å². The third-order valence-electron chi connectivity index (χ3n) is 3.61. The number of allylic oxidation sites excluding steroid dienone is 6. The van der Waals surface area contributed by atoms with Crippen LogP contribution in [-0.4, -0.2) is 0 Å². The molecule has 0 saturated heterocycles. The molecule has 0 bridgehead atoms. The molecule has 0 aliphatic heterocycles. The van der Waals surface area contributed by atoms with Crippen molar-refractivity contribution in [3.05, 3.63) is 41.9 Å². The molecule has 0 aromatic heterocycles. The quantitative estimate of drug-likeness (QED) is 0.538. The molecule has 0 heterocycles. The van der Waals surface area contributed by atoms with Gasteiger partial charge in [-0.25, -0.2) is 0 Å². The number of hydrogen-bond acceptors (Lipinski definition) is 0. The summed E-state index contributed by atoms with van der Waals surface area (Å²) in [6, 6.07) is 0. The molecule has 1 saturated carbocycles. The predicted octanol–water partition coefficient (Wildman–Crippen LogP) is 3.70. The third-order valence-corrected chi connectivity index (χ3v) is 3.61. The van der Waals surface area contributed by atoms with E-state index in [9.17, 15) is 0 Å². The Morgan fingerprint density at radius 1 is 1.21 bits per heavy atom. The minimum Gasteiger partial charge on any atom is -0.0839 e. The lowest BCUT2D eigenvalue weighted by Crippen LogP contribution is -2.22. The molecular weight excluding hydrogens is 168 g/mol. The zero-order valence-corrected chi connectivity index (χ0v) is 8.50. The lowest BCUT2D eigenvalue weighted by Gasteiger charge is -2.34. The van der Waals surface area contributed by atoms with Crippen LogP contribution in [0.5, 0.6) is 0 Å². The first-order valence-electron chi connectivity index (χ1n) is 5.77. The van der Waals surface area contributed by atoms with Gasteiger partial charge in [0.1, 0.15) is 0 Å². The van der Waals surface area contributed by atoms with E-state index in [2.05, 4.69) is 30.7 Å². The highest BCUT2D eigenvalue weighted by atomic mass is 14.3. The van der Waals surface area contributed by atoms with Crippen molar-refractivity contribution in [1.82, 2.24) is 0 Å². The Bertz CT molecular complexity index is 317. The lowest BCUT2D eigenvalue weighted by atomic mass is 9.70. The van der Waals surface area contributed by atoms with Gasteiger partial charge in [0.2, 0.25) is 0 Å². The standard InChI is InChI=1S/C14H16/c1-2-6-12-10-14-8-4-3-7-13(14)9-11(12)5-1/h1-2,5,9,12,14H,3-4,6-8H2. The Hall–Kier alpha value is -0.780. The first-order valence-corrected chi connectivity index (χ1v) is 5.77. The van der Waals surface area contributed by atoms with Crippen LogP contribution in [0.2, 0.25) is 0 Å². The third kappa shape index (κ3) is 1.37. The molecule has 0 N–H and O–H groups in total. The summed E-state index contributed by atoms with van der Waals surface area (Å²) >= 11 is 0. The van der Waals surface area contributed by atoms with Crippen LogP contribution < -0.4 is 0 Å². The van der Waals surface area contributed by atoms with Crippen LogP contribution in [0.15, 0.2) is 35.5 Å². The zero-order chi connectivity index (χ0) is 9.38. The fourth-order valence-corrected chi connectivity index (χ4v) is 2.82. The second-order valence-corrected chi connectivity index (χ2v) is 4.57. The van der Waals surface area contributed by atoms with Crippen molar-refractivity contribution in [2.45, 2.75) is 32.1 Å². The van der Waals surface area contributed by atoms with Gasteiger partial charge in [-0.2, -0.15) is 0 Å². The first kappa shape index (κ1) is 8.52. The molecule has 3 aliphatic carbocycles. The van der Waals surface area contributed by atoms with Crippen molar-refractivity contribution in [3.63, 3.8) is 0 Å². The maximum atomic E-state index is 3.77. The minimum absolute atomic E-state index is 0.604. The summed E-state index contributed by atoms with van der Waals surface area (Å²) in [5.74, 6) is 1.30. The highest BCUT2D eigenvalue weighted by molar-refractivity contribution is 5.40. The number of hydrogen-bond donors (Lipinski definition) is 0. The molecule has 3 aliphatic rings. The van der Waals surface area contributed by atoms with E-state index in [1.54, 1.807) is 5.57 Å². The van der Waals surface area contributed by atoms with E-state index in [0.29, 0.717) is 11.8 Å². The second-order valence-electron chi connectivity index (χ2n) is 4.57. The topological polar surface area (TPSA) is 0 Å². The van der Waals surface area contributed by atoms with Gasteiger partial charge in [0, 0.05) is 0 Å². The predicted molar refractivity (Wildman–Crippen MR) is 58.6 cm³/mol. The number of fused-ring (bicyclic) bond motifs is 2. The van der Waals surface area contributed by atoms with Crippen molar-refractivity contribution in [3.8, 4) is 0 Å². The summed E-state index contributed by atoms with van der Waals surface area (Å²) in [7, 11) is 0. The van der Waals surface area contributed by atoms with Gasteiger partial charge in [0.05, 0.1) is 0 Å². The van der Waals surface area contributed by atoms with E-state index in [4.69, 9.17) is 0 Å². The average molecular weight is 184 g/mol. The summed E-state index contributed by atoms with van der Waals surface area (Å²) in [5.41, 5.74) is 3.15. The molecule has 2 atom stereocenters. The van der Waals surface area contributed by atoms with E-state index in [1.807, 2.05) is 0 Å². The highest BCUT2D eigenvalue weighted by Crippen LogP contribution is 2.42. The van der Waals surface area contributed by atoms with E-state index in [0.717, 1.165) is 0 Å². The Kier molecular flexibility index (Phi) is 2.08. The maximum Gasteiger partial charge on any atom is -0.00120 e. The molecule has 0 nitrogen and oxygen atoms in total. The van der Waals surface area contributed by atoms with Crippen molar-refractivity contribution in [2.24, 2.45) is 11.8 Å². The summed E-state index contributed by atoms with van der Waals surface area (Å²) in [6.45, 7) is 0. The average Bonchev–Trinajstić information content (AvgIpc) is 2.26. The Morgan fingerprint density at radius 2 is 2.21 bits per heavy atom. The van der Waals surface area contributed by atoms with Crippen molar-refractivity contribution >= 4 is 0 Å². The van der Waals surface area contributed by atoms with E-state index < -0.39 is 0 Å². The molecule has 14 heavy (non-hydrogen) atoms. The molecule has 0 spiro atoms. The smallest absolute Gasteiger partial charge is 0.00120 e. The zero-order valence-electron chi connectivity index (χ0n) is 8.50. The van der Waals surface area contributed by atoms with Crippen LogP contribution in [0.25, 0.3) is 0 Å². The molecule has 2 unspecified atom stereocenters. The summed E-state index contributed by atoms with van der Waals surface area (Å²) < 4.78 is 0. The van der Waals surface area contributed by atoms with Gasteiger partial charge in [-0.3, -0.25) is 0 Å². The molecule has 1 fully saturated rings. The van der Waals surface area contributed by atoms with Crippen LogP contribution >= 0.6 is 0 Å². The largest absolute Gasteiger partial charge is 0.0839 e. The summed E-state index contributed by atoms with van der Waals surface area (Å²) in [6.07, 6.45) is 19.6. The van der Waals surface area contributed by atoms with Crippen molar-refractivity contribution in [1.29, 1.82) is 0 Å². The fourth-order valence-electron chi connectivity index (χ4n) is 2.82. The summed E-state index contributed by atoms with van der Waals surface area (Å²) in [4.78, 5) is 0. The Labute approximate surface area is 86.4 Å². The monoisotopic (exact) mass is 184 g/mol. The van der Waals surface area contributed by atoms with E-state index in [1.165, 1.54) is 37.7 Å². The van der Waals surface area contributed by atoms with Crippen molar-refractivity contribution in [2.75, 3.05) is 0 Å². The van der Waals surface area contributed by atoms with Gasteiger partial charge in [-0.15, -0.1) is 0 Å². The molecule has 0 aromatic rings. The maximum absolute atomic E-state index is 3.77. The van der Waals surface area contributed by atoms with Crippen LogP contribution in [0.4, 0.5) is 0 Å². The summed E-state index contributed by atoms with van der Waals surface area (Å²) in [5, 5.41) is 0. The molecule has 0 amide bonds. The van der Waals surface area contributed by atoms with Gasteiger partial charge in [-0.05, 0) is 49.5 Å². The van der Waals surface area contributed by atoms with Crippen LogP contribution in [0.3, 0.4) is 0 Å². The van der Waals surface area contributed by atoms with Gasteiger partial charge in [0.15, 0.2) is 0 Å². The fraction of sp³-hybridized carbons (Fsp3) is 0.500. The Morgan fingerprint density at radius 3 is 3.21 bits per heavy atom. The van der Waals surface area contributed by atoms with Gasteiger partial charge >= 0.3 is 0 Å². The number of rotatable bonds is 0. The van der Waals surface area contributed by atoms with Crippen LogP contribution in [-0.2, 0) is 0 Å². The molecular formula is C14H16. The molecule has 72 valence electrons. The SMILES string of the molecule is [C]1C2CC=CC=C2C=C2CCCCC12. The van der Waals surface area contributed by atoms with E-state index >= 15 is 0 Å². The Balaban J connectivity index is 1.92. The molecule has 0 aromatic carbocycles. The van der Waals surface area contributed by atoms with Gasteiger partial charge in [-0.1, -0.05) is 36.3 Å². The van der Waals surface area contributed by atoms with Gasteiger partial charge < -0.3 is 0 Å². The van der Waals surface area contributed by atoms with Crippen molar-refractivity contribution < 1.29 is 0 Å². The van der Waals surface area contributed by atoms with Crippen LogP contribution in [0.1, 0.15) is 32.1 Å². The van der Waals surface area contributed by atoms with Gasteiger partial charge in [0.25, 0.3) is 0 Å². The first-order chi connectivity index (χ1) is 6.93.